The van der Waals surface area contributed by atoms with Gasteiger partial charge in [0.05, 0.1) is 6.54 Å². The minimum absolute atomic E-state index is 0.0563. The van der Waals surface area contributed by atoms with Gasteiger partial charge in [0.25, 0.3) is 0 Å². The van der Waals surface area contributed by atoms with E-state index in [-0.39, 0.29) is 12.5 Å². The summed E-state index contributed by atoms with van der Waals surface area (Å²) in [6, 6.07) is 4.54. The summed E-state index contributed by atoms with van der Waals surface area (Å²) in [6.45, 7) is 3.47. The van der Waals surface area contributed by atoms with Crippen molar-refractivity contribution in [1.82, 2.24) is 10.2 Å². The normalized spacial score (nSPS) is 19.2. The first-order chi connectivity index (χ1) is 9.97. The minimum Gasteiger partial charge on any atom is -0.480 e. The summed E-state index contributed by atoms with van der Waals surface area (Å²) in [5.74, 6) is -1.15. The number of piperazine rings is 1. The van der Waals surface area contributed by atoms with E-state index in [1.807, 2.05) is 6.92 Å². The summed E-state index contributed by atoms with van der Waals surface area (Å²) in [6.07, 6.45) is 0. The predicted octanol–water partition coefficient (Wildman–Crippen LogP) is 0.945. The molecule has 7 heteroatoms. The second-order valence-electron chi connectivity index (χ2n) is 5.04. The van der Waals surface area contributed by atoms with Gasteiger partial charge in [0.1, 0.15) is 6.04 Å². The monoisotopic (exact) mass is 311 g/mol. The Balaban J connectivity index is 1.98. The van der Waals surface area contributed by atoms with E-state index in [2.05, 4.69) is 10.6 Å². The Hall–Kier alpha value is -1.63. The number of rotatable bonds is 4. The number of carbonyl (C=O) groups excluding carboxylic acids is 1. The van der Waals surface area contributed by atoms with E-state index >= 15 is 0 Å². The van der Waals surface area contributed by atoms with Gasteiger partial charge in [0.15, 0.2) is 0 Å². The molecule has 6 nitrogen and oxygen atoms in total. The summed E-state index contributed by atoms with van der Waals surface area (Å²) >= 11 is 5.87. The lowest BCUT2D eigenvalue weighted by Gasteiger charge is -2.32. The molecule has 0 radical (unpaired) electrons. The molecule has 1 heterocycles. The number of aliphatic carboxylic acids is 1. The third-order valence-electron chi connectivity index (χ3n) is 3.45. The molecule has 0 saturated carbocycles. The molecular formula is C14H18ClN3O3. The number of carbonyl (C=O) groups is 2. The molecule has 1 fully saturated rings. The van der Waals surface area contributed by atoms with Crippen LogP contribution in [0.2, 0.25) is 5.02 Å². The van der Waals surface area contributed by atoms with Crippen LogP contribution in [-0.4, -0.2) is 54.1 Å². The van der Waals surface area contributed by atoms with Crippen LogP contribution in [0.5, 0.6) is 0 Å². The molecule has 114 valence electrons. The van der Waals surface area contributed by atoms with Crippen molar-refractivity contribution in [3.63, 3.8) is 0 Å². The molecule has 1 unspecified atom stereocenters. The van der Waals surface area contributed by atoms with Gasteiger partial charge in [0, 0.05) is 30.3 Å². The second-order valence-corrected chi connectivity index (χ2v) is 5.47. The Morgan fingerprint density at radius 1 is 1.52 bits per heavy atom. The van der Waals surface area contributed by atoms with Crippen molar-refractivity contribution >= 4 is 29.2 Å². The molecule has 0 bridgehead atoms. The molecule has 1 atom stereocenters. The van der Waals surface area contributed by atoms with Crippen LogP contribution in [0.25, 0.3) is 0 Å². The quantitative estimate of drug-likeness (QED) is 0.771. The largest absolute Gasteiger partial charge is 0.480 e. The Kier molecular flexibility index (Phi) is 5.17. The van der Waals surface area contributed by atoms with E-state index < -0.39 is 12.0 Å². The minimum atomic E-state index is -0.919. The molecule has 21 heavy (non-hydrogen) atoms. The first kappa shape index (κ1) is 15.8. The van der Waals surface area contributed by atoms with Crippen LogP contribution in [0, 0.1) is 6.92 Å². The molecule has 2 rings (SSSR count). The maximum Gasteiger partial charge on any atom is 0.322 e. The van der Waals surface area contributed by atoms with Crippen molar-refractivity contribution in [2.75, 3.05) is 31.5 Å². The summed E-state index contributed by atoms with van der Waals surface area (Å²) < 4.78 is 0. The number of hydrogen-bond donors (Lipinski definition) is 3. The number of amides is 1. The number of aryl methyl sites for hydroxylation is 1. The van der Waals surface area contributed by atoms with Crippen molar-refractivity contribution in [3.05, 3.63) is 28.8 Å². The van der Waals surface area contributed by atoms with E-state index in [0.717, 1.165) is 5.56 Å². The van der Waals surface area contributed by atoms with Crippen LogP contribution in [0.3, 0.4) is 0 Å². The Labute approximate surface area is 128 Å². The van der Waals surface area contributed by atoms with Gasteiger partial charge >= 0.3 is 5.97 Å². The van der Waals surface area contributed by atoms with Crippen molar-refractivity contribution < 1.29 is 14.7 Å². The van der Waals surface area contributed by atoms with Crippen molar-refractivity contribution in [2.45, 2.75) is 13.0 Å². The molecule has 1 aromatic rings. The molecule has 1 aliphatic heterocycles. The van der Waals surface area contributed by atoms with Crippen molar-refractivity contribution in [1.29, 1.82) is 0 Å². The van der Waals surface area contributed by atoms with E-state index in [1.165, 1.54) is 0 Å². The fraction of sp³-hybridized carbons (Fsp3) is 0.429. The van der Waals surface area contributed by atoms with Gasteiger partial charge in [-0.2, -0.15) is 0 Å². The second kappa shape index (κ2) is 6.89. The van der Waals surface area contributed by atoms with Crippen LogP contribution in [0.4, 0.5) is 5.69 Å². The zero-order chi connectivity index (χ0) is 15.4. The van der Waals surface area contributed by atoms with Gasteiger partial charge in [-0.25, -0.2) is 0 Å². The lowest BCUT2D eigenvalue weighted by Crippen LogP contribution is -2.56. The predicted molar refractivity (Wildman–Crippen MR) is 80.7 cm³/mol. The number of halogens is 1. The maximum absolute atomic E-state index is 12.1. The van der Waals surface area contributed by atoms with Gasteiger partial charge in [0.2, 0.25) is 5.91 Å². The smallest absolute Gasteiger partial charge is 0.322 e. The fourth-order valence-electron chi connectivity index (χ4n) is 2.32. The third kappa shape index (κ3) is 4.17. The highest BCUT2D eigenvalue weighted by molar-refractivity contribution is 6.30. The topological polar surface area (TPSA) is 81.7 Å². The number of carboxylic acids is 1. The van der Waals surface area contributed by atoms with Crippen LogP contribution >= 0.6 is 11.6 Å². The molecule has 1 amide bonds. The van der Waals surface area contributed by atoms with Crippen LogP contribution < -0.4 is 10.6 Å². The van der Waals surface area contributed by atoms with E-state index in [9.17, 15) is 9.59 Å². The first-order valence-electron chi connectivity index (χ1n) is 6.71. The number of nitrogens with one attached hydrogen (secondary N) is 2. The molecular weight excluding hydrogens is 294 g/mol. The Morgan fingerprint density at radius 3 is 2.95 bits per heavy atom. The van der Waals surface area contributed by atoms with Gasteiger partial charge in [-0.3, -0.25) is 14.5 Å². The zero-order valence-corrected chi connectivity index (χ0v) is 12.5. The summed E-state index contributed by atoms with van der Waals surface area (Å²) in [5, 5.41) is 15.6. The van der Waals surface area contributed by atoms with Crippen molar-refractivity contribution in [3.8, 4) is 0 Å². The number of anilines is 1. The van der Waals surface area contributed by atoms with E-state index in [1.54, 1.807) is 23.1 Å². The summed E-state index contributed by atoms with van der Waals surface area (Å²) in [4.78, 5) is 24.9. The molecule has 1 aromatic carbocycles. The highest BCUT2D eigenvalue weighted by atomic mass is 35.5. The lowest BCUT2D eigenvalue weighted by molar-refractivity contribution is -0.144. The SMILES string of the molecule is Cc1cc(Cl)ccc1NC(=O)CN1CCNCC1C(=O)O. The zero-order valence-electron chi connectivity index (χ0n) is 11.7. The van der Waals surface area contributed by atoms with Gasteiger partial charge in [-0.15, -0.1) is 0 Å². The Bertz CT molecular complexity index is 550. The lowest BCUT2D eigenvalue weighted by atomic mass is 10.2. The van der Waals surface area contributed by atoms with Crippen LogP contribution in [0.1, 0.15) is 5.56 Å². The highest BCUT2D eigenvalue weighted by Gasteiger charge is 2.29. The van der Waals surface area contributed by atoms with Crippen molar-refractivity contribution in [2.24, 2.45) is 0 Å². The standard InChI is InChI=1S/C14H18ClN3O3/c1-9-6-10(15)2-3-11(9)17-13(19)8-18-5-4-16-7-12(18)14(20)21/h2-3,6,12,16H,4-5,7-8H2,1H3,(H,17,19)(H,20,21). The molecule has 0 spiro atoms. The van der Waals surface area contributed by atoms with Gasteiger partial charge in [-0.1, -0.05) is 11.6 Å². The fourth-order valence-corrected chi connectivity index (χ4v) is 2.55. The van der Waals surface area contributed by atoms with Crippen LogP contribution in [0.15, 0.2) is 18.2 Å². The summed E-state index contributed by atoms with van der Waals surface area (Å²) in [7, 11) is 0. The van der Waals surface area contributed by atoms with Crippen LogP contribution in [-0.2, 0) is 9.59 Å². The molecule has 0 aliphatic carbocycles. The average Bonchev–Trinajstić information content (AvgIpc) is 2.42. The van der Waals surface area contributed by atoms with E-state index in [4.69, 9.17) is 16.7 Å². The highest BCUT2D eigenvalue weighted by Crippen LogP contribution is 2.19. The number of benzene rings is 1. The van der Waals surface area contributed by atoms with Gasteiger partial charge < -0.3 is 15.7 Å². The van der Waals surface area contributed by atoms with E-state index in [0.29, 0.717) is 30.3 Å². The summed E-state index contributed by atoms with van der Waals surface area (Å²) in [5.41, 5.74) is 1.55. The first-order valence-corrected chi connectivity index (χ1v) is 7.09. The molecule has 0 aromatic heterocycles. The number of carboxylic acid groups (broad SMARTS) is 1. The molecule has 1 saturated heterocycles. The number of hydrogen-bond acceptors (Lipinski definition) is 4. The van der Waals surface area contributed by atoms with Gasteiger partial charge in [-0.05, 0) is 30.7 Å². The average molecular weight is 312 g/mol. The molecule has 1 aliphatic rings. The maximum atomic E-state index is 12.1. The molecule has 3 N–H and O–H groups in total. The third-order valence-corrected chi connectivity index (χ3v) is 3.68. The number of nitrogens with zero attached hydrogens (tertiary/aromatic N) is 1. The Morgan fingerprint density at radius 2 is 2.29 bits per heavy atom.